The first kappa shape index (κ1) is 21.0. The third-order valence-corrected chi connectivity index (χ3v) is 5.25. The second kappa shape index (κ2) is 10.2. The van der Waals surface area contributed by atoms with Gasteiger partial charge in [0.05, 0.1) is 6.54 Å². The van der Waals surface area contributed by atoms with Gasteiger partial charge >= 0.3 is 0 Å². The predicted octanol–water partition coefficient (Wildman–Crippen LogP) is 3.10. The summed E-state index contributed by atoms with van der Waals surface area (Å²) in [5.74, 6) is -0.348. The van der Waals surface area contributed by atoms with Gasteiger partial charge in [0.1, 0.15) is 5.82 Å². The number of piperidine rings is 1. The molecular weight excluding hydrogens is 369 g/mol. The Kier molecular flexibility index (Phi) is 7.36. The van der Waals surface area contributed by atoms with E-state index in [-0.39, 0.29) is 12.5 Å². The highest BCUT2D eigenvalue weighted by molar-refractivity contribution is 5.96. The molecule has 1 aliphatic rings. The highest BCUT2D eigenvalue weighted by atomic mass is 19.1. The molecule has 1 saturated heterocycles. The monoisotopic (exact) mass is 397 g/mol. The molecule has 1 heterocycles. The van der Waals surface area contributed by atoms with Gasteiger partial charge in [-0.05, 0) is 60.7 Å². The molecule has 1 unspecified atom stereocenters. The Labute approximate surface area is 171 Å². The Morgan fingerprint density at radius 1 is 1.07 bits per heavy atom. The maximum Gasteiger partial charge on any atom is 0.251 e. The fourth-order valence-electron chi connectivity index (χ4n) is 3.68. The highest BCUT2D eigenvalue weighted by Gasteiger charge is 2.17. The van der Waals surface area contributed by atoms with E-state index >= 15 is 0 Å². The Balaban J connectivity index is 1.48. The molecule has 2 amide bonds. The number of likely N-dealkylation sites (tertiary alicyclic amines) is 1. The van der Waals surface area contributed by atoms with Crippen molar-refractivity contribution in [2.24, 2.45) is 5.92 Å². The maximum atomic E-state index is 12.9. The topological polar surface area (TPSA) is 61.4 Å². The van der Waals surface area contributed by atoms with Crippen LogP contribution in [0.15, 0.2) is 48.5 Å². The molecule has 29 heavy (non-hydrogen) atoms. The number of hydrogen-bond acceptors (Lipinski definition) is 3. The van der Waals surface area contributed by atoms with E-state index in [2.05, 4.69) is 28.5 Å². The van der Waals surface area contributed by atoms with Gasteiger partial charge in [-0.3, -0.25) is 14.5 Å². The second-order valence-electron chi connectivity index (χ2n) is 7.72. The summed E-state index contributed by atoms with van der Waals surface area (Å²) in [5, 5.41) is 5.43. The van der Waals surface area contributed by atoms with Crippen LogP contribution in [-0.4, -0.2) is 36.3 Å². The minimum absolute atomic E-state index is 0.123. The molecular formula is C23H28FN3O2. The lowest BCUT2D eigenvalue weighted by Crippen LogP contribution is -2.37. The van der Waals surface area contributed by atoms with Crippen LogP contribution in [-0.2, 0) is 17.9 Å². The predicted molar refractivity (Wildman–Crippen MR) is 111 cm³/mol. The first-order valence-electron chi connectivity index (χ1n) is 10.1. The van der Waals surface area contributed by atoms with E-state index in [9.17, 15) is 14.0 Å². The first-order valence-corrected chi connectivity index (χ1v) is 10.1. The van der Waals surface area contributed by atoms with Crippen molar-refractivity contribution in [2.75, 3.05) is 19.6 Å². The van der Waals surface area contributed by atoms with Crippen LogP contribution in [0.1, 0.15) is 41.3 Å². The molecule has 6 heteroatoms. The summed E-state index contributed by atoms with van der Waals surface area (Å²) in [5.41, 5.74) is 2.63. The van der Waals surface area contributed by atoms with E-state index in [1.807, 2.05) is 18.2 Å². The van der Waals surface area contributed by atoms with Crippen LogP contribution in [0.2, 0.25) is 0 Å². The van der Waals surface area contributed by atoms with E-state index in [4.69, 9.17) is 0 Å². The summed E-state index contributed by atoms with van der Waals surface area (Å²) >= 11 is 0. The van der Waals surface area contributed by atoms with Crippen molar-refractivity contribution < 1.29 is 14.0 Å². The van der Waals surface area contributed by atoms with Gasteiger partial charge in [-0.25, -0.2) is 4.39 Å². The van der Waals surface area contributed by atoms with Gasteiger partial charge in [-0.15, -0.1) is 0 Å². The minimum atomic E-state index is -0.406. The number of carbonyl (C=O) groups excluding carboxylic acids is 2. The summed E-state index contributed by atoms with van der Waals surface area (Å²) in [6, 6.07) is 13.3. The quantitative estimate of drug-likeness (QED) is 0.755. The first-order chi connectivity index (χ1) is 14.0. The Bertz CT molecular complexity index is 838. The summed E-state index contributed by atoms with van der Waals surface area (Å²) in [7, 11) is 0. The molecule has 0 spiro atoms. The fourth-order valence-corrected chi connectivity index (χ4v) is 3.68. The maximum absolute atomic E-state index is 12.9. The number of rotatable bonds is 7. The van der Waals surface area contributed by atoms with Crippen LogP contribution in [0.3, 0.4) is 0 Å². The molecule has 1 fully saturated rings. The van der Waals surface area contributed by atoms with Crippen molar-refractivity contribution in [1.29, 1.82) is 0 Å². The largest absolute Gasteiger partial charge is 0.350 e. The van der Waals surface area contributed by atoms with Gasteiger partial charge in [-0.1, -0.05) is 31.2 Å². The Morgan fingerprint density at radius 2 is 1.79 bits per heavy atom. The lowest BCUT2D eigenvalue weighted by Gasteiger charge is -2.31. The van der Waals surface area contributed by atoms with Crippen LogP contribution in [0.25, 0.3) is 0 Å². The smallest absolute Gasteiger partial charge is 0.251 e. The van der Waals surface area contributed by atoms with Gasteiger partial charge in [0.2, 0.25) is 5.91 Å². The van der Waals surface area contributed by atoms with E-state index < -0.39 is 11.7 Å². The normalized spacial score (nSPS) is 17.0. The zero-order chi connectivity index (χ0) is 20.6. The van der Waals surface area contributed by atoms with Gasteiger partial charge in [0.15, 0.2) is 0 Å². The molecule has 3 rings (SSSR count). The van der Waals surface area contributed by atoms with Gasteiger partial charge in [0.25, 0.3) is 5.91 Å². The third-order valence-electron chi connectivity index (χ3n) is 5.25. The van der Waals surface area contributed by atoms with Crippen molar-refractivity contribution in [2.45, 2.75) is 32.9 Å². The average molecular weight is 397 g/mol. The van der Waals surface area contributed by atoms with Crippen LogP contribution in [0, 0.1) is 11.7 Å². The van der Waals surface area contributed by atoms with Crippen LogP contribution in [0.4, 0.5) is 4.39 Å². The van der Waals surface area contributed by atoms with Gasteiger partial charge < -0.3 is 10.6 Å². The standard InChI is InChI=1S/C23H28FN3O2/c1-17-5-4-12-27(15-17)16-20-7-3-2-6-19(20)13-25-22(28)14-26-23(29)18-8-10-21(24)11-9-18/h2-3,6-11,17H,4-5,12-16H2,1H3,(H,25,28)(H,26,29). The third kappa shape index (κ3) is 6.39. The number of benzene rings is 2. The van der Waals surface area contributed by atoms with Crippen LogP contribution < -0.4 is 10.6 Å². The second-order valence-corrected chi connectivity index (χ2v) is 7.72. The van der Waals surface area contributed by atoms with Crippen molar-refractivity contribution in [3.05, 3.63) is 71.0 Å². The molecule has 5 nitrogen and oxygen atoms in total. The molecule has 1 atom stereocenters. The van der Waals surface area contributed by atoms with Gasteiger partial charge in [0, 0.05) is 25.2 Å². The number of halogens is 1. The van der Waals surface area contributed by atoms with Crippen molar-refractivity contribution in [3.8, 4) is 0 Å². The highest BCUT2D eigenvalue weighted by Crippen LogP contribution is 2.19. The summed E-state index contributed by atoms with van der Waals surface area (Å²) in [6.07, 6.45) is 2.52. The van der Waals surface area contributed by atoms with Crippen LogP contribution >= 0.6 is 0 Å². The van der Waals surface area contributed by atoms with E-state index in [0.717, 1.165) is 31.1 Å². The molecule has 1 aliphatic heterocycles. The number of carbonyl (C=O) groups is 2. The van der Waals surface area contributed by atoms with Crippen molar-refractivity contribution >= 4 is 11.8 Å². The Morgan fingerprint density at radius 3 is 2.52 bits per heavy atom. The molecule has 0 aliphatic carbocycles. The number of amides is 2. The van der Waals surface area contributed by atoms with Gasteiger partial charge in [-0.2, -0.15) is 0 Å². The van der Waals surface area contributed by atoms with Crippen molar-refractivity contribution in [1.82, 2.24) is 15.5 Å². The molecule has 0 bridgehead atoms. The zero-order valence-corrected chi connectivity index (χ0v) is 16.8. The number of hydrogen-bond donors (Lipinski definition) is 2. The minimum Gasteiger partial charge on any atom is -0.350 e. The number of nitrogens with zero attached hydrogens (tertiary/aromatic N) is 1. The SMILES string of the molecule is CC1CCCN(Cc2ccccc2CNC(=O)CNC(=O)c2ccc(F)cc2)C1. The average Bonchev–Trinajstić information content (AvgIpc) is 2.72. The summed E-state index contributed by atoms with van der Waals surface area (Å²) in [4.78, 5) is 26.6. The van der Waals surface area contributed by atoms with E-state index in [0.29, 0.717) is 12.1 Å². The molecule has 2 N–H and O–H groups in total. The Hall–Kier alpha value is -2.73. The van der Waals surface area contributed by atoms with E-state index in [1.54, 1.807) is 0 Å². The number of nitrogens with one attached hydrogen (secondary N) is 2. The zero-order valence-electron chi connectivity index (χ0n) is 16.8. The summed E-state index contributed by atoms with van der Waals surface area (Å²) < 4.78 is 12.9. The summed E-state index contributed by atoms with van der Waals surface area (Å²) in [6.45, 7) is 5.69. The van der Waals surface area contributed by atoms with Crippen LogP contribution in [0.5, 0.6) is 0 Å². The lowest BCUT2D eigenvalue weighted by molar-refractivity contribution is -0.120. The molecule has 0 saturated carbocycles. The molecule has 2 aromatic rings. The van der Waals surface area contributed by atoms with Crippen molar-refractivity contribution in [3.63, 3.8) is 0 Å². The molecule has 0 radical (unpaired) electrons. The van der Waals surface area contributed by atoms with E-state index in [1.165, 1.54) is 42.7 Å². The lowest BCUT2D eigenvalue weighted by atomic mass is 9.99. The fraction of sp³-hybridized carbons (Fsp3) is 0.391. The molecule has 0 aromatic heterocycles. The molecule has 2 aromatic carbocycles. The molecule has 154 valence electrons.